The number of anilines is 1. The van der Waals surface area contributed by atoms with Crippen molar-refractivity contribution < 1.29 is 13.2 Å². The van der Waals surface area contributed by atoms with Gasteiger partial charge in [0.25, 0.3) is 0 Å². The van der Waals surface area contributed by atoms with Crippen LogP contribution < -0.4 is 4.31 Å². The molecule has 4 nitrogen and oxygen atoms in total. The van der Waals surface area contributed by atoms with E-state index in [4.69, 9.17) is 0 Å². The molecule has 2 aliphatic rings. The molecule has 0 radical (unpaired) electrons. The highest BCUT2D eigenvalue weighted by Gasteiger charge is 2.65. The van der Waals surface area contributed by atoms with Crippen LogP contribution in [-0.4, -0.2) is 26.5 Å². The van der Waals surface area contributed by atoms with E-state index in [9.17, 15) is 13.2 Å². The third kappa shape index (κ3) is 2.54. The number of hydrogen-bond acceptors (Lipinski definition) is 3. The van der Waals surface area contributed by atoms with Gasteiger partial charge in [0.05, 0.1) is 16.9 Å². The smallest absolute Gasteiger partial charge is 0.236 e. The summed E-state index contributed by atoms with van der Waals surface area (Å²) in [5, 5.41) is 1.93. The molecule has 2 saturated carbocycles. The molecule has 2 unspecified atom stereocenters. The van der Waals surface area contributed by atoms with Crippen LogP contribution in [-0.2, 0) is 14.8 Å². The van der Waals surface area contributed by atoms with Gasteiger partial charge >= 0.3 is 0 Å². The number of Topliss-reactive ketones (excluding diaryl/α,β-unsaturated/α-hetero) is 1. The minimum atomic E-state index is -3.64. The summed E-state index contributed by atoms with van der Waals surface area (Å²) in [6.45, 7) is 6.37. The fourth-order valence-electron chi connectivity index (χ4n) is 5.44. The topological polar surface area (TPSA) is 54.5 Å². The second-order valence-corrected chi connectivity index (χ2v) is 10.5. The number of rotatable bonds is 5. The minimum Gasteiger partial charge on any atom is -0.299 e. The Morgan fingerprint density at radius 1 is 1.11 bits per heavy atom. The number of fused-ring (bicyclic) bond motifs is 3. The van der Waals surface area contributed by atoms with Crippen LogP contribution in [0.25, 0.3) is 10.8 Å². The Kier molecular flexibility index (Phi) is 4.15. The molecular weight excluding hydrogens is 358 g/mol. The van der Waals surface area contributed by atoms with Crippen molar-refractivity contribution >= 4 is 32.3 Å². The van der Waals surface area contributed by atoms with E-state index in [1.807, 2.05) is 49.4 Å². The monoisotopic (exact) mass is 385 g/mol. The normalized spacial score (nSPS) is 26.6. The summed E-state index contributed by atoms with van der Waals surface area (Å²) < 4.78 is 28.6. The second-order valence-electron chi connectivity index (χ2n) is 8.59. The van der Waals surface area contributed by atoms with Gasteiger partial charge < -0.3 is 0 Å². The van der Waals surface area contributed by atoms with Crippen LogP contribution >= 0.6 is 0 Å². The van der Waals surface area contributed by atoms with Crippen LogP contribution in [0.4, 0.5) is 5.69 Å². The summed E-state index contributed by atoms with van der Waals surface area (Å²) in [7, 11) is -3.64. The quantitative estimate of drug-likeness (QED) is 0.767. The molecule has 2 aromatic rings. The van der Waals surface area contributed by atoms with E-state index in [0.717, 1.165) is 17.2 Å². The van der Waals surface area contributed by atoms with Gasteiger partial charge in [-0.3, -0.25) is 9.10 Å². The predicted molar refractivity (Wildman–Crippen MR) is 109 cm³/mol. The van der Waals surface area contributed by atoms with Gasteiger partial charge in [0.1, 0.15) is 5.78 Å². The van der Waals surface area contributed by atoms with Crippen molar-refractivity contribution in [1.29, 1.82) is 0 Å². The first-order valence-electron chi connectivity index (χ1n) is 9.74. The average Bonchev–Trinajstić information content (AvgIpc) is 2.96. The first-order valence-corrected chi connectivity index (χ1v) is 11.4. The van der Waals surface area contributed by atoms with E-state index in [1.54, 1.807) is 0 Å². The van der Waals surface area contributed by atoms with E-state index in [2.05, 4.69) is 13.8 Å². The molecular formula is C22H27NO3S. The molecule has 0 amide bonds. The van der Waals surface area contributed by atoms with Gasteiger partial charge in [-0.05, 0) is 42.6 Å². The number of ketones is 1. The molecule has 0 N–H and O–H groups in total. The number of benzene rings is 2. The molecule has 2 bridgehead atoms. The SMILES string of the molecule is CCN(c1cccc2ccccc12)S(=O)(=O)CC12CCC(CC1=O)C2(C)C. The van der Waals surface area contributed by atoms with Crippen LogP contribution in [0.2, 0.25) is 0 Å². The van der Waals surface area contributed by atoms with Gasteiger partial charge in [-0.1, -0.05) is 50.2 Å². The third-order valence-electron chi connectivity index (χ3n) is 7.23. The Balaban J connectivity index is 1.77. The van der Waals surface area contributed by atoms with Crippen LogP contribution in [0.15, 0.2) is 42.5 Å². The lowest BCUT2D eigenvalue weighted by Gasteiger charge is -2.38. The van der Waals surface area contributed by atoms with Crippen LogP contribution in [0.3, 0.4) is 0 Å². The van der Waals surface area contributed by atoms with Gasteiger partial charge in [-0.25, -0.2) is 8.42 Å². The fraction of sp³-hybridized carbons (Fsp3) is 0.500. The number of sulfonamides is 1. The average molecular weight is 386 g/mol. The van der Waals surface area contributed by atoms with Crippen LogP contribution in [0.5, 0.6) is 0 Å². The van der Waals surface area contributed by atoms with E-state index in [-0.39, 0.29) is 17.0 Å². The van der Waals surface area contributed by atoms with Gasteiger partial charge in [0.15, 0.2) is 0 Å². The molecule has 144 valence electrons. The highest BCUT2D eigenvalue weighted by molar-refractivity contribution is 7.92. The maximum absolute atomic E-state index is 13.6. The largest absolute Gasteiger partial charge is 0.299 e. The molecule has 2 fully saturated rings. The number of hydrogen-bond donors (Lipinski definition) is 0. The van der Waals surface area contributed by atoms with E-state index >= 15 is 0 Å². The lowest BCUT2D eigenvalue weighted by molar-refractivity contribution is -0.128. The van der Waals surface area contributed by atoms with Crippen molar-refractivity contribution in [3.05, 3.63) is 42.5 Å². The van der Waals surface area contributed by atoms with Gasteiger partial charge in [0, 0.05) is 18.4 Å². The maximum atomic E-state index is 13.6. The molecule has 0 spiro atoms. The fourth-order valence-corrected chi connectivity index (χ4v) is 7.75. The number of carbonyl (C=O) groups excluding carboxylic acids is 1. The van der Waals surface area contributed by atoms with Crippen molar-refractivity contribution in [2.75, 3.05) is 16.6 Å². The third-order valence-corrected chi connectivity index (χ3v) is 9.21. The highest BCUT2D eigenvalue weighted by atomic mass is 32.2. The summed E-state index contributed by atoms with van der Waals surface area (Å²) in [4.78, 5) is 12.8. The minimum absolute atomic E-state index is 0.0839. The van der Waals surface area contributed by atoms with E-state index < -0.39 is 15.4 Å². The lowest BCUT2D eigenvalue weighted by atomic mass is 9.70. The zero-order valence-corrected chi connectivity index (χ0v) is 17.1. The Morgan fingerprint density at radius 2 is 1.81 bits per heavy atom. The molecule has 2 atom stereocenters. The molecule has 0 heterocycles. The Hall–Kier alpha value is -1.88. The molecule has 4 rings (SSSR count). The van der Waals surface area contributed by atoms with Crippen molar-refractivity contribution in [2.24, 2.45) is 16.7 Å². The van der Waals surface area contributed by atoms with Crippen LogP contribution in [0.1, 0.15) is 40.0 Å². The standard InChI is InChI=1S/C22H27NO3S/c1-4-23(19-11-7-9-16-8-5-6-10-18(16)19)27(25,26)15-22-13-12-17(14-20(22)24)21(22,2)3/h5-11,17H,4,12-15H2,1-3H3. The molecule has 2 aliphatic carbocycles. The van der Waals surface area contributed by atoms with Crippen molar-refractivity contribution in [1.82, 2.24) is 0 Å². The Morgan fingerprint density at radius 3 is 2.44 bits per heavy atom. The molecule has 0 saturated heterocycles. The van der Waals surface area contributed by atoms with Crippen LogP contribution in [0, 0.1) is 16.7 Å². The summed E-state index contributed by atoms with van der Waals surface area (Å²) >= 11 is 0. The Labute approximate surface area is 161 Å². The van der Waals surface area contributed by atoms with Gasteiger partial charge in [0.2, 0.25) is 10.0 Å². The molecule has 5 heteroatoms. The van der Waals surface area contributed by atoms with E-state index in [1.165, 1.54) is 4.31 Å². The predicted octanol–water partition coefficient (Wildman–Crippen LogP) is 4.39. The highest BCUT2D eigenvalue weighted by Crippen LogP contribution is 2.64. The van der Waals surface area contributed by atoms with Crippen molar-refractivity contribution in [2.45, 2.75) is 40.0 Å². The van der Waals surface area contributed by atoms with E-state index in [0.29, 0.717) is 31.0 Å². The summed E-state index contributed by atoms with van der Waals surface area (Å²) in [6.07, 6.45) is 2.17. The molecule has 0 aromatic heterocycles. The zero-order valence-electron chi connectivity index (χ0n) is 16.2. The Bertz CT molecular complexity index is 1010. The molecule has 27 heavy (non-hydrogen) atoms. The second kappa shape index (κ2) is 6.06. The summed E-state index contributed by atoms with van der Waals surface area (Å²) in [5.41, 5.74) is -0.297. The maximum Gasteiger partial charge on any atom is 0.236 e. The summed E-state index contributed by atoms with van der Waals surface area (Å²) in [5.74, 6) is 0.369. The van der Waals surface area contributed by atoms with Gasteiger partial charge in [-0.2, -0.15) is 0 Å². The molecule has 0 aliphatic heterocycles. The first-order chi connectivity index (χ1) is 12.7. The zero-order chi connectivity index (χ0) is 19.4. The number of nitrogens with zero attached hydrogens (tertiary/aromatic N) is 1. The lowest BCUT2D eigenvalue weighted by Crippen LogP contribution is -2.46. The van der Waals surface area contributed by atoms with Gasteiger partial charge in [-0.15, -0.1) is 0 Å². The number of carbonyl (C=O) groups is 1. The van der Waals surface area contributed by atoms with Crippen molar-refractivity contribution in [3.8, 4) is 0 Å². The summed E-state index contributed by atoms with van der Waals surface area (Å²) in [6, 6.07) is 13.6. The molecule has 2 aromatic carbocycles. The first kappa shape index (κ1) is 18.5. The van der Waals surface area contributed by atoms with Crippen molar-refractivity contribution in [3.63, 3.8) is 0 Å².